The van der Waals surface area contributed by atoms with Gasteiger partial charge in [0.05, 0.1) is 0 Å². The van der Waals surface area contributed by atoms with Crippen molar-refractivity contribution in [2.24, 2.45) is 5.73 Å². The predicted molar refractivity (Wildman–Crippen MR) is 43.9 cm³/mol. The van der Waals surface area contributed by atoms with Crippen molar-refractivity contribution < 1.29 is 9.53 Å². The summed E-state index contributed by atoms with van der Waals surface area (Å²) >= 11 is 0. The Morgan fingerprint density at radius 2 is 2.27 bits per heavy atom. The first-order chi connectivity index (χ1) is 5.20. The molecule has 0 radical (unpaired) electrons. The summed E-state index contributed by atoms with van der Waals surface area (Å²) in [4.78, 5) is 10.5. The van der Waals surface area contributed by atoms with Crippen LogP contribution in [0.4, 0.5) is 0 Å². The van der Waals surface area contributed by atoms with Crippen molar-refractivity contribution >= 4 is 5.97 Å². The van der Waals surface area contributed by atoms with Crippen LogP contribution in [-0.2, 0) is 9.53 Å². The summed E-state index contributed by atoms with van der Waals surface area (Å²) in [6.45, 7) is 6.98. The van der Waals surface area contributed by atoms with E-state index in [0.29, 0.717) is 6.42 Å². The average molecular weight is 155 g/mol. The molecular formula is C8H13NO2. The molecule has 3 heteroatoms. The van der Waals surface area contributed by atoms with Gasteiger partial charge < -0.3 is 10.5 Å². The number of esters is 1. The highest BCUT2D eigenvalue weighted by Gasteiger charge is 2.01. The van der Waals surface area contributed by atoms with Gasteiger partial charge in [0.2, 0.25) is 0 Å². The minimum atomic E-state index is -0.440. The average Bonchev–Trinajstić information content (AvgIpc) is 2.01. The highest BCUT2D eigenvalue weighted by molar-refractivity contribution is 5.81. The van der Waals surface area contributed by atoms with Crippen molar-refractivity contribution in [2.45, 2.75) is 12.5 Å². The fourth-order valence-electron chi connectivity index (χ4n) is 0.530. The molecule has 0 rings (SSSR count). The summed E-state index contributed by atoms with van der Waals surface area (Å²) in [5.41, 5.74) is 5.50. The third-order valence-electron chi connectivity index (χ3n) is 1.08. The first-order valence-corrected chi connectivity index (χ1v) is 3.36. The molecule has 1 atom stereocenters. The molecule has 2 N–H and O–H groups in total. The monoisotopic (exact) mass is 155 g/mol. The van der Waals surface area contributed by atoms with Crippen molar-refractivity contribution in [3.63, 3.8) is 0 Å². The zero-order chi connectivity index (χ0) is 8.69. The number of rotatable bonds is 5. The first kappa shape index (κ1) is 9.91. The van der Waals surface area contributed by atoms with Crippen LogP contribution in [0.1, 0.15) is 6.42 Å². The van der Waals surface area contributed by atoms with Crippen LogP contribution >= 0.6 is 0 Å². The summed E-state index contributed by atoms with van der Waals surface area (Å²) in [5, 5.41) is 0. The largest absolute Gasteiger partial charge is 0.461 e. The van der Waals surface area contributed by atoms with Gasteiger partial charge in [-0.25, -0.2) is 4.79 Å². The quantitative estimate of drug-likeness (QED) is 0.359. The smallest absolute Gasteiger partial charge is 0.330 e. The van der Waals surface area contributed by atoms with Gasteiger partial charge in [0.15, 0.2) is 0 Å². The van der Waals surface area contributed by atoms with Crippen molar-refractivity contribution in [2.75, 3.05) is 6.61 Å². The summed E-state index contributed by atoms with van der Waals surface area (Å²) < 4.78 is 4.68. The number of carbonyl (C=O) groups excluding carboxylic acids is 1. The molecule has 0 bridgehead atoms. The Labute approximate surface area is 66.5 Å². The van der Waals surface area contributed by atoms with Crippen LogP contribution in [-0.4, -0.2) is 18.6 Å². The van der Waals surface area contributed by atoms with Crippen molar-refractivity contribution in [1.29, 1.82) is 0 Å². The zero-order valence-electron chi connectivity index (χ0n) is 6.45. The Kier molecular flexibility index (Phi) is 5.11. The highest BCUT2D eigenvalue weighted by atomic mass is 16.5. The van der Waals surface area contributed by atoms with Crippen LogP contribution in [0.5, 0.6) is 0 Å². The SMILES string of the molecule is C=CCC(N)COC(=O)C=C. The topological polar surface area (TPSA) is 52.3 Å². The summed E-state index contributed by atoms with van der Waals surface area (Å²) in [7, 11) is 0. The zero-order valence-corrected chi connectivity index (χ0v) is 6.45. The van der Waals surface area contributed by atoms with Gasteiger partial charge in [-0.05, 0) is 6.42 Å². The van der Waals surface area contributed by atoms with Gasteiger partial charge in [0, 0.05) is 12.1 Å². The standard InChI is InChI=1S/C8H13NO2/c1-3-5-7(9)6-11-8(10)4-2/h3-4,7H,1-2,5-6,9H2. The molecular weight excluding hydrogens is 142 g/mol. The van der Waals surface area contributed by atoms with E-state index in [-0.39, 0.29) is 12.6 Å². The maximum absolute atomic E-state index is 10.5. The molecule has 0 aliphatic rings. The molecule has 0 fully saturated rings. The molecule has 0 saturated carbocycles. The van der Waals surface area contributed by atoms with E-state index in [1.54, 1.807) is 6.08 Å². The van der Waals surface area contributed by atoms with Gasteiger partial charge in [0.25, 0.3) is 0 Å². The number of hydrogen-bond acceptors (Lipinski definition) is 3. The lowest BCUT2D eigenvalue weighted by Gasteiger charge is -2.07. The summed E-state index contributed by atoms with van der Waals surface area (Å²) in [6, 6.07) is -0.156. The molecule has 0 aliphatic carbocycles. The van der Waals surface area contributed by atoms with E-state index in [2.05, 4.69) is 17.9 Å². The first-order valence-electron chi connectivity index (χ1n) is 3.36. The molecule has 1 unspecified atom stereocenters. The Morgan fingerprint density at radius 3 is 2.73 bits per heavy atom. The Balaban J connectivity index is 3.44. The van der Waals surface area contributed by atoms with E-state index in [1.165, 1.54) is 0 Å². The number of carbonyl (C=O) groups is 1. The second kappa shape index (κ2) is 5.68. The number of ether oxygens (including phenoxy) is 1. The van der Waals surface area contributed by atoms with Gasteiger partial charge in [-0.3, -0.25) is 0 Å². The van der Waals surface area contributed by atoms with Gasteiger partial charge in [0.1, 0.15) is 6.61 Å². The third-order valence-corrected chi connectivity index (χ3v) is 1.08. The molecule has 3 nitrogen and oxygen atoms in total. The molecule has 0 aromatic carbocycles. The number of nitrogens with two attached hydrogens (primary N) is 1. The van der Waals surface area contributed by atoms with Crippen molar-refractivity contribution in [3.8, 4) is 0 Å². The van der Waals surface area contributed by atoms with Gasteiger partial charge in [-0.15, -0.1) is 6.58 Å². The molecule has 0 spiro atoms. The molecule has 0 aromatic heterocycles. The van der Waals surface area contributed by atoms with E-state index < -0.39 is 5.97 Å². The van der Waals surface area contributed by atoms with E-state index in [4.69, 9.17) is 5.73 Å². The Hall–Kier alpha value is -1.09. The fourth-order valence-corrected chi connectivity index (χ4v) is 0.530. The lowest BCUT2D eigenvalue weighted by Crippen LogP contribution is -2.26. The van der Waals surface area contributed by atoms with E-state index in [0.717, 1.165) is 6.08 Å². The summed E-state index contributed by atoms with van der Waals surface area (Å²) in [6.07, 6.45) is 3.44. The lowest BCUT2D eigenvalue weighted by atomic mass is 10.2. The predicted octanol–water partition coefficient (Wildman–Crippen LogP) is 0.619. The molecule has 0 aromatic rings. The Morgan fingerprint density at radius 1 is 1.64 bits per heavy atom. The van der Waals surface area contributed by atoms with Crippen LogP contribution < -0.4 is 5.73 Å². The normalized spacial score (nSPS) is 11.7. The second-order valence-electron chi connectivity index (χ2n) is 2.12. The van der Waals surface area contributed by atoms with Crippen LogP contribution in [0.2, 0.25) is 0 Å². The third kappa shape index (κ3) is 5.36. The highest BCUT2D eigenvalue weighted by Crippen LogP contribution is 1.90. The van der Waals surface area contributed by atoms with Gasteiger partial charge in [-0.2, -0.15) is 0 Å². The molecule has 11 heavy (non-hydrogen) atoms. The minimum Gasteiger partial charge on any atom is -0.461 e. The fraction of sp³-hybridized carbons (Fsp3) is 0.375. The van der Waals surface area contributed by atoms with Crippen LogP contribution in [0.25, 0.3) is 0 Å². The van der Waals surface area contributed by atoms with E-state index >= 15 is 0 Å². The van der Waals surface area contributed by atoms with Crippen molar-refractivity contribution in [1.82, 2.24) is 0 Å². The molecule has 0 aliphatic heterocycles. The van der Waals surface area contributed by atoms with E-state index in [9.17, 15) is 4.79 Å². The molecule has 0 heterocycles. The maximum atomic E-state index is 10.5. The van der Waals surface area contributed by atoms with Crippen LogP contribution in [0, 0.1) is 0 Å². The van der Waals surface area contributed by atoms with E-state index in [1.807, 2.05) is 0 Å². The van der Waals surface area contributed by atoms with Gasteiger partial charge in [-0.1, -0.05) is 12.7 Å². The minimum absolute atomic E-state index is 0.156. The van der Waals surface area contributed by atoms with Crippen LogP contribution in [0.3, 0.4) is 0 Å². The maximum Gasteiger partial charge on any atom is 0.330 e. The molecule has 0 saturated heterocycles. The second-order valence-corrected chi connectivity index (χ2v) is 2.12. The van der Waals surface area contributed by atoms with Gasteiger partial charge >= 0.3 is 5.97 Å². The van der Waals surface area contributed by atoms with Crippen molar-refractivity contribution in [3.05, 3.63) is 25.3 Å². The summed E-state index contributed by atoms with van der Waals surface area (Å²) in [5.74, 6) is -0.440. The molecule has 62 valence electrons. The lowest BCUT2D eigenvalue weighted by molar-refractivity contribution is -0.138. The number of hydrogen-bond donors (Lipinski definition) is 1. The van der Waals surface area contributed by atoms with Crippen LogP contribution in [0.15, 0.2) is 25.3 Å². The Bertz CT molecular complexity index is 154. The molecule has 0 amide bonds.